The number of aliphatic hydroxyl groups is 1. The van der Waals surface area contributed by atoms with Gasteiger partial charge in [0.25, 0.3) is 0 Å². The van der Waals surface area contributed by atoms with Crippen LogP contribution in [0.1, 0.15) is 19.8 Å². The van der Waals surface area contributed by atoms with Crippen molar-refractivity contribution in [2.45, 2.75) is 25.8 Å². The molecule has 0 bridgehead atoms. The molecule has 1 heterocycles. The van der Waals surface area contributed by atoms with E-state index >= 15 is 0 Å². The van der Waals surface area contributed by atoms with Crippen LogP contribution >= 0.6 is 0 Å². The Morgan fingerprint density at radius 3 is 2.70 bits per heavy atom. The maximum Gasteiger partial charge on any atom is 0.0586 e. The standard InChI is InChI=1S/C7H15NO.Pt/c1-2-8-5-3-4-7(8)6-9;/h7,9H,2-6H2,1H3;. The monoisotopic (exact) mass is 324 g/mol. The first-order valence-electron chi connectivity index (χ1n) is 3.73. The summed E-state index contributed by atoms with van der Waals surface area (Å²) in [6.07, 6.45) is 2.45. The van der Waals surface area contributed by atoms with Crippen LogP contribution in [-0.4, -0.2) is 35.7 Å². The molecule has 1 N–H and O–H groups in total. The van der Waals surface area contributed by atoms with E-state index in [9.17, 15) is 0 Å². The molecule has 0 aromatic heterocycles. The molecule has 1 saturated heterocycles. The van der Waals surface area contributed by atoms with Crippen LogP contribution in [-0.2, 0) is 21.1 Å². The molecular weight excluding hydrogens is 309 g/mol. The van der Waals surface area contributed by atoms with Gasteiger partial charge in [0.2, 0.25) is 0 Å². The first-order chi connectivity index (χ1) is 4.38. The van der Waals surface area contributed by atoms with E-state index in [4.69, 9.17) is 5.11 Å². The third kappa shape index (κ3) is 2.34. The van der Waals surface area contributed by atoms with Gasteiger partial charge in [0.05, 0.1) is 6.61 Å². The molecule has 1 atom stereocenters. The van der Waals surface area contributed by atoms with Gasteiger partial charge in [-0.25, -0.2) is 0 Å². The van der Waals surface area contributed by atoms with Crippen LogP contribution in [0.3, 0.4) is 0 Å². The summed E-state index contributed by atoms with van der Waals surface area (Å²) in [5, 5.41) is 8.83. The van der Waals surface area contributed by atoms with Gasteiger partial charge >= 0.3 is 0 Å². The molecule has 1 aliphatic heterocycles. The molecule has 64 valence electrons. The van der Waals surface area contributed by atoms with Gasteiger partial charge in [-0.3, -0.25) is 4.90 Å². The van der Waals surface area contributed by atoms with Crippen molar-refractivity contribution in [3.63, 3.8) is 0 Å². The predicted molar refractivity (Wildman–Crippen MR) is 37.4 cm³/mol. The van der Waals surface area contributed by atoms with Gasteiger partial charge in [-0.15, -0.1) is 0 Å². The van der Waals surface area contributed by atoms with E-state index in [1.54, 1.807) is 0 Å². The van der Waals surface area contributed by atoms with Crippen LogP contribution in [0.15, 0.2) is 0 Å². The van der Waals surface area contributed by atoms with Gasteiger partial charge in [-0.05, 0) is 25.9 Å². The number of aliphatic hydroxyl groups excluding tert-OH is 1. The molecule has 0 amide bonds. The summed E-state index contributed by atoms with van der Waals surface area (Å²) >= 11 is 0. The second-order valence-electron chi connectivity index (χ2n) is 2.61. The molecule has 3 heteroatoms. The van der Waals surface area contributed by atoms with Gasteiger partial charge < -0.3 is 5.11 Å². The molecule has 2 nitrogen and oxygen atoms in total. The summed E-state index contributed by atoms with van der Waals surface area (Å²) in [6.45, 7) is 4.76. The Morgan fingerprint density at radius 2 is 2.30 bits per heavy atom. The third-order valence-corrected chi connectivity index (χ3v) is 2.12. The zero-order valence-corrected chi connectivity index (χ0v) is 8.60. The van der Waals surface area contributed by atoms with E-state index in [0.29, 0.717) is 12.6 Å². The number of hydrogen-bond acceptors (Lipinski definition) is 2. The molecule has 0 spiro atoms. The molecule has 0 aromatic carbocycles. The molecule has 10 heavy (non-hydrogen) atoms. The molecule has 0 saturated carbocycles. The van der Waals surface area contributed by atoms with Crippen LogP contribution in [0, 0.1) is 0 Å². The SMILES string of the molecule is CCN1CCCC1CO.[Pt]. The Labute approximate surface area is 76.9 Å². The number of likely N-dealkylation sites (tertiary alicyclic amines) is 1. The number of hydrogen-bond donors (Lipinski definition) is 1. The topological polar surface area (TPSA) is 23.5 Å². The molecule has 1 unspecified atom stereocenters. The minimum absolute atomic E-state index is 0. The largest absolute Gasteiger partial charge is 0.395 e. The first-order valence-corrected chi connectivity index (χ1v) is 3.73. The van der Waals surface area contributed by atoms with E-state index < -0.39 is 0 Å². The average Bonchev–Trinajstić information content (AvgIpc) is 2.33. The van der Waals surface area contributed by atoms with E-state index in [0.717, 1.165) is 6.54 Å². The summed E-state index contributed by atoms with van der Waals surface area (Å²) in [4.78, 5) is 2.33. The smallest absolute Gasteiger partial charge is 0.0586 e. The van der Waals surface area contributed by atoms with Crippen molar-refractivity contribution in [3.05, 3.63) is 0 Å². The first kappa shape index (κ1) is 10.6. The Kier molecular flexibility index (Phi) is 5.61. The van der Waals surface area contributed by atoms with Gasteiger partial charge in [0.1, 0.15) is 0 Å². The second-order valence-corrected chi connectivity index (χ2v) is 2.61. The summed E-state index contributed by atoms with van der Waals surface area (Å²) in [6, 6.07) is 0.468. The van der Waals surface area contributed by atoms with Crippen molar-refractivity contribution in [3.8, 4) is 0 Å². The predicted octanol–water partition coefficient (Wildman–Crippen LogP) is 0.461. The fourth-order valence-electron chi connectivity index (χ4n) is 1.52. The molecule has 0 aromatic rings. The fraction of sp³-hybridized carbons (Fsp3) is 1.00. The molecule has 0 aliphatic carbocycles. The summed E-state index contributed by atoms with van der Waals surface area (Å²) in [7, 11) is 0. The normalized spacial score (nSPS) is 26.4. The Balaban J connectivity index is 0.000000810. The van der Waals surface area contributed by atoms with Crippen molar-refractivity contribution in [2.24, 2.45) is 0 Å². The van der Waals surface area contributed by atoms with Crippen LogP contribution in [0.25, 0.3) is 0 Å². The quantitative estimate of drug-likeness (QED) is 0.798. The maximum atomic E-state index is 8.83. The molecule has 1 fully saturated rings. The molecule has 1 rings (SSSR count). The number of nitrogens with zero attached hydrogens (tertiary/aromatic N) is 1. The van der Waals surface area contributed by atoms with E-state index in [-0.39, 0.29) is 21.1 Å². The zero-order valence-electron chi connectivity index (χ0n) is 6.32. The van der Waals surface area contributed by atoms with E-state index in [1.165, 1.54) is 19.4 Å². The van der Waals surface area contributed by atoms with Crippen molar-refractivity contribution < 1.29 is 26.2 Å². The third-order valence-electron chi connectivity index (χ3n) is 2.12. The Bertz CT molecular complexity index is 79.7. The van der Waals surface area contributed by atoms with Crippen molar-refractivity contribution in [2.75, 3.05) is 19.7 Å². The number of rotatable bonds is 2. The van der Waals surface area contributed by atoms with Crippen molar-refractivity contribution in [1.29, 1.82) is 0 Å². The van der Waals surface area contributed by atoms with Crippen molar-refractivity contribution >= 4 is 0 Å². The Hall–Kier alpha value is 0.608. The van der Waals surface area contributed by atoms with E-state index in [2.05, 4.69) is 11.8 Å². The van der Waals surface area contributed by atoms with Crippen LogP contribution in [0.2, 0.25) is 0 Å². The summed E-state index contributed by atoms with van der Waals surface area (Å²) in [5.74, 6) is 0. The van der Waals surface area contributed by atoms with Crippen LogP contribution in [0.5, 0.6) is 0 Å². The fourth-order valence-corrected chi connectivity index (χ4v) is 1.52. The molecule has 1 aliphatic rings. The van der Waals surface area contributed by atoms with Gasteiger partial charge in [0.15, 0.2) is 0 Å². The van der Waals surface area contributed by atoms with Crippen molar-refractivity contribution in [1.82, 2.24) is 4.90 Å². The second kappa shape index (κ2) is 5.28. The van der Waals surface area contributed by atoms with Gasteiger partial charge in [-0.1, -0.05) is 6.92 Å². The minimum Gasteiger partial charge on any atom is -0.395 e. The van der Waals surface area contributed by atoms with Crippen LogP contribution in [0.4, 0.5) is 0 Å². The molecular formula is C7H15NOPt. The number of likely N-dealkylation sites (N-methyl/N-ethyl adjacent to an activating group) is 1. The van der Waals surface area contributed by atoms with E-state index in [1.807, 2.05) is 0 Å². The maximum absolute atomic E-state index is 8.83. The summed E-state index contributed by atoms with van der Waals surface area (Å²) < 4.78 is 0. The van der Waals surface area contributed by atoms with Crippen LogP contribution < -0.4 is 0 Å². The minimum atomic E-state index is 0. The Morgan fingerprint density at radius 1 is 1.60 bits per heavy atom. The average molecular weight is 324 g/mol. The van der Waals surface area contributed by atoms with Gasteiger partial charge in [-0.2, -0.15) is 0 Å². The zero-order chi connectivity index (χ0) is 6.69. The molecule has 0 radical (unpaired) electrons. The van der Waals surface area contributed by atoms with Gasteiger partial charge in [0, 0.05) is 27.1 Å². The summed E-state index contributed by atoms with van der Waals surface area (Å²) in [5.41, 5.74) is 0.